The molecule has 5 rings (SSSR count). The summed E-state index contributed by atoms with van der Waals surface area (Å²) in [5, 5.41) is 17.8. The molecule has 3 heterocycles. The molecule has 0 bridgehead atoms. The van der Waals surface area contributed by atoms with Gasteiger partial charge in [0, 0.05) is 25.1 Å². The Morgan fingerprint density at radius 3 is 2.53 bits per heavy atom. The van der Waals surface area contributed by atoms with E-state index in [-0.39, 0.29) is 0 Å². The van der Waals surface area contributed by atoms with Crippen LogP contribution in [0, 0.1) is 6.92 Å². The van der Waals surface area contributed by atoms with Gasteiger partial charge in [0.25, 0.3) is 0 Å². The van der Waals surface area contributed by atoms with Crippen molar-refractivity contribution in [3.63, 3.8) is 0 Å². The molecule has 2 aromatic carbocycles. The molecule has 9 nitrogen and oxygen atoms in total. The van der Waals surface area contributed by atoms with E-state index in [1.54, 1.807) is 0 Å². The van der Waals surface area contributed by atoms with E-state index in [1.807, 2.05) is 24.3 Å². The van der Waals surface area contributed by atoms with E-state index in [1.165, 1.54) is 5.56 Å². The molecule has 0 aliphatic heterocycles. The zero-order chi connectivity index (χ0) is 23.5. The number of anilines is 1. The summed E-state index contributed by atoms with van der Waals surface area (Å²) in [5.41, 5.74) is 12.9. The Labute approximate surface area is 197 Å². The minimum atomic E-state index is 0.556. The monoisotopic (exact) mass is 453 g/mol. The molecular formula is C25H27N9. The summed E-state index contributed by atoms with van der Waals surface area (Å²) in [4.78, 5) is 9.73. The molecule has 0 saturated heterocycles. The maximum atomic E-state index is 5.66. The van der Waals surface area contributed by atoms with Crippen molar-refractivity contribution in [3.8, 4) is 22.5 Å². The average molecular weight is 454 g/mol. The van der Waals surface area contributed by atoms with Crippen LogP contribution in [0.15, 0.2) is 54.6 Å². The number of hydrogen-bond donors (Lipinski definition) is 3. The summed E-state index contributed by atoms with van der Waals surface area (Å²) in [7, 11) is 0. The Bertz CT molecular complexity index is 1400. The first-order chi connectivity index (χ1) is 16.7. The number of rotatable bonds is 8. The number of aryl methyl sites for hydroxylation is 2. The molecule has 0 amide bonds. The lowest BCUT2D eigenvalue weighted by Crippen LogP contribution is -2.14. The molecule has 3 aromatic heterocycles. The molecule has 34 heavy (non-hydrogen) atoms. The Balaban J connectivity index is 1.48. The minimum Gasteiger partial charge on any atom is -0.369 e. The first-order valence-corrected chi connectivity index (χ1v) is 11.4. The van der Waals surface area contributed by atoms with Gasteiger partial charge in [-0.25, -0.2) is 9.97 Å². The van der Waals surface area contributed by atoms with E-state index >= 15 is 0 Å². The fourth-order valence-corrected chi connectivity index (χ4v) is 4.19. The molecule has 4 N–H and O–H groups in total. The van der Waals surface area contributed by atoms with Crippen LogP contribution in [0.25, 0.3) is 33.7 Å². The molecule has 0 saturated carbocycles. The van der Waals surface area contributed by atoms with Crippen molar-refractivity contribution in [3.05, 3.63) is 71.5 Å². The Morgan fingerprint density at radius 1 is 1.03 bits per heavy atom. The summed E-state index contributed by atoms with van der Waals surface area (Å²) >= 11 is 0. The van der Waals surface area contributed by atoms with Crippen LogP contribution >= 0.6 is 0 Å². The van der Waals surface area contributed by atoms with Gasteiger partial charge in [-0.15, -0.1) is 10.2 Å². The highest BCUT2D eigenvalue weighted by Crippen LogP contribution is 2.30. The van der Waals surface area contributed by atoms with E-state index in [0.29, 0.717) is 25.5 Å². The fourth-order valence-electron chi connectivity index (χ4n) is 4.19. The smallest absolute Gasteiger partial charge is 0.205 e. The molecule has 0 fully saturated rings. The predicted molar refractivity (Wildman–Crippen MR) is 133 cm³/mol. The number of hydrogen-bond acceptors (Lipinski definition) is 7. The third kappa shape index (κ3) is 4.13. The largest absolute Gasteiger partial charge is 0.369 e. The van der Waals surface area contributed by atoms with Gasteiger partial charge in [0.2, 0.25) is 5.82 Å². The second-order valence-electron chi connectivity index (χ2n) is 8.16. The van der Waals surface area contributed by atoms with Crippen molar-refractivity contribution < 1.29 is 0 Å². The fraction of sp³-hybridized carbons (Fsp3) is 0.240. The lowest BCUT2D eigenvalue weighted by atomic mass is 9.98. The summed E-state index contributed by atoms with van der Waals surface area (Å²) in [6.45, 7) is 6.13. The molecule has 0 atom stereocenters. The first-order valence-electron chi connectivity index (χ1n) is 11.4. The number of fused-ring (bicyclic) bond motifs is 1. The van der Waals surface area contributed by atoms with E-state index in [4.69, 9.17) is 15.7 Å². The highest BCUT2D eigenvalue weighted by molar-refractivity contribution is 5.80. The van der Waals surface area contributed by atoms with Crippen molar-refractivity contribution in [2.75, 3.05) is 18.4 Å². The second-order valence-corrected chi connectivity index (χ2v) is 8.16. The Hall–Kier alpha value is -4.11. The lowest BCUT2D eigenvalue weighted by molar-refractivity contribution is 0.746. The normalized spacial score (nSPS) is 11.3. The Morgan fingerprint density at radius 2 is 1.82 bits per heavy atom. The third-order valence-electron chi connectivity index (χ3n) is 5.86. The first kappa shape index (κ1) is 21.7. The number of tetrazole rings is 1. The molecule has 0 aliphatic carbocycles. The highest BCUT2D eigenvalue weighted by atomic mass is 15.5. The molecule has 0 radical (unpaired) electrons. The third-order valence-corrected chi connectivity index (χ3v) is 5.86. The van der Waals surface area contributed by atoms with Gasteiger partial charge in [-0.05, 0) is 40.5 Å². The summed E-state index contributed by atoms with van der Waals surface area (Å²) in [6.07, 6.45) is 0.831. The summed E-state index contributed by atoms with van der Waals surface area (Å²) in [5.74, 6) is 2.43. The van der Waals surface area contributed by atoms with Gasteiger partial charge in [0.15, 0.2) is 5.65 Å². The van der Waals surface area contributed by atoms with Crippen LogP contribution in [0.4, 0.5) is 5.82 Å². The molecule has 9 heteroatoms. The number of pyridine rings is 1. The van der Waals surface area contributed by atoms with E-state index in [2.05, 4.69) is 74.7 Å². The zero-order valence-corrected chi connectivity index (χ0v) is 19.3. The predicted octanol–water partition coefficient (Wildman–Crippen LogP) is 3.57. The zero-order valence-electron chi connectivity index (χ0n) is 19.3. The van der Waals surface area contributed by atoms with E-state index < -0.39 is 0 Å². The summed E-state index contributed by atoms with van der Waals surface area (Å²) in [6, 6.07) is 18.7. The minimum absolute atomic E-state index is 0.556. The van der Waals surface area contributed by atoms with Crippen LogP contribution in [-0.4, -0.2) is 48.2 Å². The number of aromatic nitrogens is 7. The number of benzene rings is 2. The number of nitrogens with one attached hydrogen (secondary N) is 2. The van der Waals surface area contributed by atoms with Crippen molar-refractivity contribution in [2.45, 2.75) is 26.8 Å². The maximum Gasteiger partial charge on any atom is 0.205 e. The molecule has 0 unspecified atom stereocenters. The molecule has 0 aliphatic rings. The van der Waals surface area contributed by atoms with Crippen molar-refractivity contribution in [1.29, 1.82) is 0 Å². The van der Waals surface area contributed by atoms with E-state index in [0.717, 1.165) is 51.5 Å². The lowest BCUT2D eigenvalue weighted by Gasteiger charge is -2.11. The van der Waals surface area contributed by atoms with E-state index in [9.17, 15) is 0 Å². The van der Waals surface area contributed by atoms with Gasteiger partial charge in [-0.3, -0.25) is 0 Å². The number of nitrogens with zero attached hydrogens (tertiary/aromatic N) is 6. The molecular weight excluding hydrogens is 426 g/mol. The van der Waals surface area contributed by atoms with Crippen LogP contribution in [-0.2, 0) is 13.0 Å². The van der Waals surface area contributed by atoms with Crippen LogP contribution < -0.4 is 11.1 Å². The van der Waals surface area contributed by atoms with Crippen molar-refractivity contribution in [2.24, 2.45) is 5.73 Å². The van der Waals surface area contributed by atoms with Gasteiger partial charge < -0.3 is 15.6 Å². The Kier molecular flexibility index (Phi) is 6.01. The molecule has 172 valence electrons. The van der Waals surface area contributed by atoms with Gasteiger partial charge in [0.05, 0.1) is 6.54 Å². The standard InChI is InChI=1S/C25H27N9/c1-3-22-29-23-16(2)14-21(27-13-12-26)28-25(23)34(22)15-17-8-10-18(11-9-17)19-6-4-5-7-20(19)24-30-32-33-31-24/h4-11,14H,3,12-13,15,26H2,1-2H3,(H,27,28)(H,30,31,32,33). The van der Waals surface area contributed by atoms with Gasteiger partial charge in [-0.2, -0.15) is 5.21 Å². The van der Waals surface area contributed by atoms with Crippen LogP contribution in [0.5, 0.6) is 0 Å². The van der Waals surface area contributed by atoms with Crippen LogP contribution in [0.3, 0.4) is 0 Å². The highest BCUT2D eigenvalue weighted by Gasteiger charge is 2.15. The maximum absolute atomic E-state index is 5.66. The van der Waals surface area contributed by atoms with Gasteiger partial charge in [0.1, 0.15) is 17.2 Å². The van der Waals surface area contributed by atoms with Crippen molar-refractivity contribution in [1.82, 2.24) is 35.2 Å². The summed E-state index contributed by atoms with van der Waals surface area (Å²) < 4.78 is 2.21. The SMILES string of the molecule is CCc1nc2c(C)cc(NCCN)nc2n1Cc1ccc(-c2ccccc2-c2nn[nH]n2)cc1. The van der Waals surface area contributed by atoms with Crippen LogP contribution in [0.1, 0.15) is 23.9 Å². The number of imidazole rings is 1. The molecule has 5 aromatic rings. The number of aromatic amines is 1. The number of H-pyrrole nitrogens is 1. The quantitative estimate of drug-likeness (QED) is 0.328. The van der Waals surface area contributed by atoms with Gasteiger partial charge in [-0.1, -0.05) is 55.5 Å². The van der Waals surface area contributed by atoms with Crippen molar-refractivity contribution >= 4 is 17.0 Å². The molecule has 0 spiro atoms. The second kappa shape index (κ2) is 9.40. The average Bonchev–Trinajstić information content (AvgIpc) is 3.52. The van der Waals surface area contributed by atoms with Crippen LogP contribution in [0.2, 0.25) is 0 Å². The topological polar surface area (TPSA) is 123 Å². The number of nitrogens with two attached hydrogens (primary N) is 1. The van der Waals surface area contributed by atoms with Gasteiger partial charge >= 0.3 is 0 Å².